The number of rotatable bonds is 9. The zero-order chi connectivity index (χ0) is 21.2. The van der Waals surface area contributed by atoms with Gasteiger partial charge in [0.1, 0.15) is 17.3 Å². The largest absolute Gasteiger partial charge is 0.497 e. The molecule has 8 heteroatoms. The minimum atomic E-state index is -0.342. The molecule has 0 unspecified atom stereocenters. The predicted octanol–water partition coefficient (Wildman–Crippen LogP) is 2.75. The van der Waals surface area contributed by atoms with E-state index < -0.39 is 0 Å². The molecular formula is C22H21N3O5. The van der Waals surface area contributed by atoms with Gasteiger partial charge in [0, 0.05) is 5.56 Å². The molecule has 2 amide bonds. The number of hydrogen-bond acceptors (Lipinski definition) is 6. The molecule has 0 radical (unpaired) electrons. The van der Waals surface area contributed by atoms with Gasteiger partial charge in [-0.25, -0.2) is 5.43 Å². The normalized spacial score (nSPS) is 10.6. The van der Waals surface area contributed by atoms with Gasteiger partial charge in [-0.15, -0.1) is 0 Å². The Hall–Kier alpha value is -4.07. The summed E-state index contributed by atoms with van der Waals surface area (Å²) in [4.78, 5) is 23.9. The molecule has 0 aliphatic heterocycles. The van der Waals surface area contributed by atoms with Crippen LogP contribution in [0.15, 0.2) is 76.4 Å². The van der Waals surface area contributed by atoms with Crippen molar-refractivity contribution in [3.63, 3.8) is 0 Å². The fourth-order valence-electron chi connectivity index (χ4n) is 2.44. The summed E-state index contributed by atoms with van der Waals surface area (Å²) in [5, 5.41) is 6.65. The van der Waals surface area contributed by atoms with Crippen molar-refractivity contribution in [2.45, 2.75) is 6.54 Å². The molecule has 0 atom stereocenters. The maximum Gasteiger partial charge on any atom is 0.271 e. The first-order chi connectivity index (χ1) is 14.6. The van der Waals surface area contributed by atoms with Crippen LogP contribution in [-0.2, 0) is 11.3 Å². The third-order valence-electron chi connectivity index (χ3n) is 4.00. The van der Waals surface area contributed by atoms with Crippen molar-refractivity contribution in [3.05, 3.63) is 83.8 Å². The first-order valence-electron chi connectivity index (χ1n) is 9.13. The number of nitrogens with one attached hydrogen (secondary N) is 2. The summed E-state index contributed by atoms with van der Waals surface area (Å²) < 4.78 is 15.7. The monoisotopic (exact) mass is 407 g/mol. The number of furan rings is 1. The van der Waals surface area contributed by atoms with Crippen LogP contribution in [0.25, 0.3) is 0 Å². The highest BCUT2D eigenvalue weighted by atomic mass is 16.5. The Balaban J connectivity index is 1.43. The second-order valence-corrected chi connectivity index (χ2v) is 6.14. The molecule has 3 aromatic rings. The van der Waals surface area contributed by atoms with Crippen LogP contribution >= 0.6 is 0 Å². The van der Waals surface area contributed by atoms with Crippen LogP contribution in [0.5, 0.6) is 11.5 Å². The van der Waals surface area contributed by atoms with E-state index in [1.54, 1.807) is 66.9 Å². The lowest BCUT2D eigenvalue weighted by molar-refractivity contribution is -0.123. The number of carbonyl (C=O) groups is 2. The molecule has 0 aliphatic carbocycles. The molecule has 3 rings (SSSR count). The first kappa shape index (κ1) is 20.7. The molecule has 0 aliphatic rings. The lowest BCUT2D eigenvalue weighted by Gasteiger charge is -2.07. The fraction of sp³-hybridized carbons (Fsp3) is 0.136. The molecule has 0 fully saturated rings. The van der Waals surface area contributed by atoms with Crippen molar-refractivity contribution in [2.24, 2.45) is 5.10 Å². The highest BCUT2D eigenvalue weighted by Crippen LogP contribution is 2.13. The lowest BCUT2D eigenvalue weighted by atomic mass is 10.2. The number of methoxy groups -OCH3 is 1. The van der Waals surface area contributed by atoms with Crippen molar-refractivity contribution in [2.75, 3.05) is 13.7 Å². The van der Waals surface area contributed by atoms with E-state index >= 15 is 0 Å². The molecule has 30 heavy (non-hydrogen) atoms. The zero-order valence-corrected chi connectivity index (χ0v) is 16.3. The van der Waals surface area contributed by atoms with Crippen LogP contribution < -0.4 is 20.2 Å². The van der Waals surface area contributed by atoms with Crippen LogP contribution in [0.1, 0.15) is 21.7 Å². The smallest absolute Gasteiger partial charge is 0.271 e. The fourth-order valence-corrected chi connectivity index (χ4v) is 2.44. The van der Waals surface area contributed by atoms with E-state index in [0.29, 0.717) is 29.4 Å². The van der Waals surface area contributed by atoms with Gasteiger partial charge in [0.25, 0.3) is 11.8 Å². The number of hydrazone groups is 1. The summed E-state index contributed by atoms with van der Waals surface area (Å²) in [5.74, 6) is 1.21. The van der Waals surface area contributed by atoms with Crippen molar-refractivity contribution >= 4 is 18.0 Å². The van der Waals surface area contributed by atoms with Crippen LogP contribution in [-0.4, -0.2) is 31.7 Å². The minimum absolute atomic E-state index is 0.106. The summed E-state index contributed by atoms with van der Waals surface area (Å²) in [5.41, 5.74) is 3.67. The summed E-state index contributed by atoms with van der Waals surface area (Å²) >= 11 is 0. The molecule has 0 saturated carbocycles. The van der Waals surface area contributed by atoms with E-state index in [1.165, 1.54) is 13.3 Å². The van der Waals surface area contributed by atoms with E-state index in [2.05, 4.69) is 15.8 Å². The summed E-state index contributed by atoms with van der Waals surface area (Å²) in [6.45, 7) is 0.205. The van der Waals surface area contributed by atoms with E-state index in [9.17, 15) is 9.59 Å². The van der Waals surface area contributed by atoms with Gasteiger partial charge in [-0.3, -0.25) is 9.59 Å². The van der Waals surface area contributed by atoms with Gasteiger partial charge in [-0.1, -0.05) is 6.07 Å². The van der Waals surface area contributed by atoms with Crippen molar-refractivity contribution < 1.29 is 23.5 Å². The zero-order valence-electron chi connectivity index (χ0n) is 16.3. The third kappa shape index (κ3) is 6.23. The number of amides is 2. The Kier molecular flexibility index (Phi) is 7.21. The molecule has 2 N–H and O–H groups in total. The Morgan fingerprint density at radius 2 is 1.90 bits per heavy atom. The Morgan fingerprint density at radius 1 is 1.07 bits per heavy atom. The van der Waals surface area contributed by atoms with Gasteiger partial charge in [-0.05, 0) is 60.2 Å². The topological polar surface area (TPSA) is 102 Å². The number of hydrogen-bond donors (Lipinski definition) is 2. The molecule has 8 nitrogen and oxygen atoms in total. The SMILES string of the molecule is COc1cccc(C(=O)N/N=C\c2ccc(OCC(=O)NCc3ccco3)cc2)c1. The number of nitrogens with zero attached hydrogens (tertiary/aromatic N) is 1. The third-order valence-corrected chi connectivity index (χ3v) is 4.00. The Labute approximate surface area is 173 Å². The molecule has 0 saturated heterocycles. The van der Waals surface area contributed by atoms with Gasteiger partial charge < -0.3 is 19.2 Å². The molecule has 0 spiro atoms. The standard InChI is InChI=1S/C22H21N3O5/c1-28-19-5-2-4-17(12-19)22(27)25-24-13-16-7-9-18(10-8-16)30-15-21(26)23-14-20-6-3-11-29-20/h2-13H,14-15H2,1H3,(H,23,26)(H,25,27)/b24-13-. The molecule has 2 aromatic carbocycles. The minimum Gasteiger partial charge on any atom is -0.497 e. The van der Waals surface area contributed by atoms with E-state index in [1.807, 2.05) is 0 Å². The lowest BCUT2D eigenvalue weighted by Crippen LogP contribution is -2.28. The van der Waals surface area contributed by atoms with Gasteiger partial charge in [-0.2, -0.15) is 5.10 Å². The maximum absolute atomic E-state index is 12.1. The summed E-state index contributed by atoms with van der Waals surface area (Å²) in [7, 11) is 1.54. The quantitative estimate of drug-likeness (QED) is 0.419. The molecule has 1 heterocycles. The van der Waals surface area contributed by atoms with Crippen LogP contribution in [0, 0.1) is 0 Å². The van der Waals surface area contributed by atoms with E-state index in [4.69, 9.17) is 13.9 Å². The number of benzene rings is 2. The second-order valence-electron chi connectivity index (χ2n) is 6.14. The van der Waals surface area contributed by atoms with Crippen LogP contribution in [0.3, 0.4) is 0 Å². The first-order valence-corrected chi connectivity index (χ1v) is 9.13. The van der Waals surface area contributed by atoms with E-state index in [0.717, 1.165) is 5.56 Å². The number of carbonyl (C=O) groups excluding carboxylic acids is 2. The highest BCUT2D eigenvalue weighted by Gasteiger charge is 2.06. The molecular weight excluding hydrogens is 386 g/mol. The Morgan fingerprint density at radius 3 is 2.63 bits per heavy atom. The van der Waals surface area contributed by atoms with Crippen molar-refractivity contribution in [1.29, 1.82) is 0 Å². The predicted molar refractivity (Wildman–Crippen MR) is 111 cm³/mol. The van der Waals surface area contributed by atoms with Crippen molar-refractivity contribution in [1.82, 2.24) is 10.7 Å². The Bertz CT molecular complexity index is 998. The van der Waals surface area contributed by atoms with Crippen LogP contribution in [0.2, 0.25) is 0 Å². The van der Waals surface area contributed by atoms with Gasteiger partial charge in [0.05, 0.1) is 26.1 Å². The summed E-state index contributed by atoms with van der Waals surface area (Å²) in [6, 6.07) is 17.3. The average molecular weight is 407 g/mol. The maximum atomic E-state index is 12.1. The van der Waals surface area contributed by atoms with E-state index in [-0.39, 0.29) is 18.4 Å². The highest BCUT2D eigenvalue weighted by molar-refractivity contribution is 5.95. The number of ether oxygens (including phenoxy) is 2. The van der Waals surface area contributed by atoms with Gasteiger partial charge in [0.2, 0.25) is 0 Å². The second kappa shape index (κ2) is 10.5. The molecule has 154 valence electrons. The average Bonchev–Trinajstić information content (AvgIpc) is 3.31. The molecule has 0 bridgehead atoms. The molecule has 1 aromatic heterocycles. The van der Waals surface area contributed by atoms with Crippen LogP contribution in [0.4, 0.5) is 0 Å². The van der Waals surface area contributed by atoms with Gasteiger partial charge in [0.15, 0.2) is 6.61 Å². The van der Waals surface area contributed by atoms with Crippen molar-refractivity contribution in [3.8, 4) is 11.5 Å². The summed E-state index contributed by atoms with van der Waals surface area (Å²) in [6.07, 6.45) is 3.06. The van der Waals surface area contributed by atoms with Gasteiger partial charge >= 0.3 is 0 Å².